The van der Waals surface area contributed by atoms with Gasteiger partial charge in [-0.3, -0.25) is 4.90 Å². The van der Waals surface area contributed by atoms with Crippen molar-refractivity contribution in [1.82, 2.24) is 20.4 Å². The molecule has 0 radical (unpaired) electrons. The Balaban J connectivity index is 1.66. The quantitative estimate of drug-likeness (QED) is 0.915. The molecule has 0 saturated carbocycles. The molecule has 3 rings (SSSR count). The van der Waals surface area contributed by atoms with Gasteiger partial charge >= 0.3 is 0 Å². The van der Waals surface area contributed by atoms with E-state index in [1.165, 1.54) is 0 Å². The van der Waals surface area contributed by atoms with Gasteiger partial charge < -0.3 is 14.6 Å². The van der Waals surface area contributed by atoms with Crippen LogP contribution < -0.4 is 5.32 Å². The minimum Gasteiger partial charge on any atom is -0.367 e. The summed E-state index contributed by atoms with van der Waals surface area (Å²) in [7, 11) is 0. The smallest absolute Gasteiger partial charge is 0.229 e. The summed E-state index contributed by atoms with van der Waals surface area (Å²) < 4.78 is 11.3. The molecule has 0 spiro atoms. The van der Waals surface area contributed by atoms with Gasteiger partial charge in [-0.1, -0.05) is 5.16 Å². The van der Waals surface area contributed by atoms with E-state index in [9.17, 15) is 0 Å². The van der Waals surface area contributed by atoms with Crippen LogP contribution in [0.25, 0.3) is 0 Å². The van der Waals surface area contributed by atoms with E-state index in [2.05, 4.69) is 41.1 Å². The maximum absolute atomic E-state index is 5.83. The maximum Gasteiger partial charge on any atom is 0.229 e. The molecule has 0 amide bonds. The van der Waals surface area contributed by atoms with Gasteiger partial charge in [0.15, 0.2) is 0 Å². The highest BCUT2D eigenvalue weighted by molar-refractivity contribution is 5.00. The summed E-state index contributed by atoms with van der Waals surface area (Å²) in [6.45, 7) is 10.2. The van der Waals surface area contributed by atoms with Crippen LogP contribution in [0, 0.1) is 0 Å². The van der Waals surface area contributed by atoms with Gasteiger partial charge in [-0.25, -0.2) is 0 Å². The highest BCUT2D eigenvalue weighted by Crippen LogP contribution is 2.28. The summed E-state index contributed by atoms with van der Waals surface area (Å²) in [6, 6.07) is 1.04. The largest absolute Gasteiger partial charge is 0.367 e. The molecule has 1 N–H and O–H groups in total. The molecule has 1 aromatic rings. The predicted molar refractivity (Wildman–Crippen MR) is 79.1 cm³/mol. The molecule has 118 valence electrons. The molecule has 2 aliphatic heterocycles. The number of rotatable bonds is 3. The Bertz CT molecular complexity index is 462. The van der Waals surface area contributed by atoms with Gasteiger partial charge in [0.05, 0.1) is 6.61 Å². The standard InChI is InChI=1S/C15H26N4O2/c1-10(2)19-6-7-20-13(9-19)14-17-15(21-18-14)12-4-5-16-11(3)8-12/h10-13,16H,4-9H2,1-3H3. The summed E-state index contributed by atoms with van der Waals surface area (Å²) in [4.78, 5) is 7.03. The van der Waals surface area contributed by atoms with E-state index in [1.54, 1.807) is 0 Å². The molecule has 0 bridgehead atoms. The highest BCUT2D eigenvalue weighted by Gasteiger charge is 2.30. The second-order valence-electron chi connectivity index (χ2n) is 6.52. The molecule has 0 aromatic carbocycles. The monoisotopic (exact) mass is 294 g/mol. The second kappa shape index (κ2) is 6.42. The van der Waals surface area contributed by atoms with Crippen molar-refractivity contribution in [3.63, 3.8) is 0 Å². The molecule has 21 heavy (non-hydrogen) atoms. The van der Waals surface area contributed by atoms with Crippen LogP contribution >= 0.6 is 0 Å². The third kappa shape index (κ3) is 3.44. The third-order valence-corrected chi connectivity index (χ3v) is 4.55. The maximum atomic E-state index is 5.83. The van der Waals surface area contributed by atoms with Crippen molar-refractivity contribution in [2.75, 3.05) is 26.2 Å². The third-order valence-electron chi connectivity index (χ3n) is 4.55. The first-order valence-electron chi connectivity index (χ1n) is 8.06. The molecule has 2 saturated heterocycles. The van der Waals surface area contributed by atoms with Gasteiger partial charge in [0, 0.05) is 31.1 Å². The van der Waals surface area contributed by atoms with Crippen molar-refractivity contribution in [2.45, 2.75) is 57.7 Å². The molecular weight excluding hydrogens is 268 g/mol. The van der Waals surface area contributed by atoms with Crippen molar-refractivity contribution in [3.05, 3.63) is 11.7 Å². The Morgan fingerprint density at radius 1 is 1.38 bits per heavy atom. The lowest BCUT2D eigenvalue weighted by molar-refractivity contribution is -0.0450. The zero-order valence-electron chi connectivity index (χ0n) is 13.2. The number of morpholine rings is 1. The van der Waals surface area contributed by atoms with E-state index in [1.807, 2.05) is 0 Å². The van der Waals surface area contributed by atoms with Crippen LogP contribution in [0.4, 0.5) is 0 Å². The van der Waals surface area contributed by atoms with Crippen molar-refractivity contribution in [1.29, 1.82) is 0 Å². The van der Waals surface area contributed by atoms with Crippen molar-refractivity contribution >= 4 is 0 Å². The molecule has 3 heterocycles. The molecule has 1 aromatic heterocycles. The number of aromatic nitrogens is 2. The van der Waals surface area contributed by atoms with Crippen LogP contribution in [0.5, 0.6) is 0 Å². The van der Waals surface area contributed by atoms with E-state index < -0.39 is 0 Å². The van der Waals surface area contributed by atoms with Gasteiger partial charge in [0.25, 0.3) is 0 Å². The van der Waals surface area contributed by atoms with Crippen LogP contribution in [0.2, 0.25) is 0 Å². The Labute approximate surface area is 126 Å². The number of hydrogen-bond donors (Lipinski definition) is 1. The van der Waals surface area contributed by atoms with Crippen LogP contribution in [0.15, 0.2) is 4.52 Å². The number of nitrogens with zero attached hydrogens (tertiary/aromatic N) is 3. The molecule has 3 unspecified atom stereocenters. The first-order chi connectivity index (χ1) is 10.1. The molecule has 6 heteroatoms. The van der Waals surface area contributed by atoms with Crippen LogP contribution in [0.1, 0.15) is 57.3 Å². The average Bonchev–Trinajstić information content (AvgIpc) is 2.97. The Morgan fingerprint density at radius 3 is 3.00 bits per heavy atom. The SMILES string of the molecule is CC1CC(c2nc(C3CN(C(C)C)CCO3)no2)CCN1. The lowest BCUT2D eigenvalue weighted by atomic mass is 9.93. The van der Waals surface area contributed by atoms with Crippen molar-refractivity contribution in [3.8, 4) is 0 Å². The van der Waals surface area contributed by atoms with Crippen molar-refractivity contribution in [2.24, 2.45) is 0 Å². The van der Waals surface area contributed by atoms with Gasteiger partial charge in [0.2, 0.25) is 11.7 Å². The zero-order chi connectivity index (χ0) is 14.8. The van der Waals surface area contributed by atoms with E-state index in [-0.39, 0.29) is 6.10 Å². The van der Waals surface area contributed by atoms with E-state index in [0.29, 0.717) is 23.8 Å². The average molecular weight is 294 g/mol. The molecule has 6 nitrogen and oxygen atoms in total. The van der Waals surface area contributed by atoms with E-state index >= 15 is 0 Å². The van der Waals surface area contributed by atoms with Crippen LogP contribution in [-0.4, -0.2) is 53.4 Å². The zero-order valence-corrected chi connectivity index (χ0v) is 13.2. The predicted octanol–water partition coefficient (Wildman–Crippen LogP) is 1.71. The Morgan fingerprint density at radius 2 is 2.24 bits per heavy atom. The fourth-order valence-corrected chi connectivity index (χ4v) is 3.19. The molecule has 0 aliphatic carbocycles. The fourth-order valence-electron chi connectivity index (χ4n) is 3.19. The fraction of sp³-hybridized carbons (Fsp3) is 0.867. The number of nitrogens with one attached hydrogen (secondary N) is 1. The molecule has 3 atom stereocenters. The van der Waals surface area contributed by atoms with Gasteiger partial charge in [-0.2, -0.15) is 4.98 Å². The minimum atomic E-state index is -0.0576. The molecule has 2 fully saturated rings. The molecule has 2 aliphatic rings. The summed E-state index contributed by atoms with van der Waals surface area (Å²) in [6.07, 6.45) is 2.07. The van der Waals surface area contributed by atoms with Gasteiger partial charge in [-0.05, 0) is 40.2 Å². The highest BCUT2D eigenvalue weighted by atomic mass is 16.5. The lowest BCUT2D eigenvalue weighted by Gasteiger charge is -2.34. The lowest BCUT2D eigenvalue weighted by Crippen LogP contribution is -2.42. The first kappa shape index (κ1) is 14.9. The van der Waals surface area contributed by atoms with E-state index in [0.717, 1.165) is 45.0 Å². The summed E-state index contributed by atoms with van der Waals surface area (Å²) >= 11 is 0. The summed E-state index contributed by atoms with van der Waals surface area (Å²) in [5.74, 6) is 1.87. The minimum absolute atomic E-state index is 0.0576. The summed E-state index contributed by atoms with van der Waals surface area (Å²) in [5.41, 5.74) is 0. The van der Waals surface area contributed by atoms with Crippen LogP contribution in [0.3, 0.4) is 0 Å². The van der Waals surface area contributed by atoms with Crippen LogP contribution in [-0.2, 0) is 4.74 Å². The van der Waals surface area contributed by atoms with Gasteiger partial charge in [-0.15, -0.1) is 0 Å². The number of ether oxygens (including phenoxy) is 1. The molecular formula is C15H26N4O2. The first-order valence-corrected chi connectivity index (χ1v) is 8.06. The Hall–Kier alpha value is -0.980. The van der Waals surface area contributed by atoms with Crippen molar-refractivity contribution < 1.29 is 9.26 Å². The van der Waals surface area contributed by atoms with Gasteiger partial charge in [0.1, 0.15) is 6.10 Å². The Kier molecular flexibility index (Phi) is 4.57. The number of hydrogen-bond acceptors (Lipinski definition) is 6. The number of piperidine rings is 1. The topological polar surface area (TPSA) is 63.4 Å². The van der Waals surface area contributed by atoms with E-state index in [4.69, 9.17) is 9.26 Å². The summed E-state index contributed by atoms with van der Waals surface area (Å²) in [5, 5.41) is 7.62. The second-order valence-corrected chi connectivity index (χ2v) is 6.52. The normalized spacial score (nSPS) is 31.7.